The predicted molar refractivity (Wildman–Crippen MR) is 100 cm³/mol. The van der Waals surface area contributed by atoms with Gasteiger partial charge in [-0.15, -0.1) is 0 Å². The SMILES string of the molecule is Nc1cccc(C(=O)Nc2ccc3[nH]nc(-c4ccccc4)c3c2)c1. The minimum absolute atomic E-state index is 0.198. The summed E-state index contributed by atoms with van der Waals surface area (Å²) in [5.41, 5.74) is 10.3. The molecular formula is C20H16N4O. The fourth-order valence-corrected chi connectivity index (χ4v) is 2.79. The van der Waals surface area contributed by atoms with E-state index in [0.29, 0.717) is 16.9 Å². The van der Waals surface area contributed by atoms with Crippen LogP contribution in [-0.2, 0) is 0 Å². The number of nitrogen functional groups attached to an aromatic ring is 1. The number of nitrogens with two attached hydrogens (primary N) is 1. The quantitative estimate of drug-likeness (QED) is 0.496. The van der Waals surface area contributed by atoms with E-state index in [4.69, 9.17) is 5.73 Å². The van der Waals surface area contributed by atoms with Crippen LogP contribution in [0.25, 0.3) is 22.2 Å². The van der Waals surface area contributed by atoms with E-state index in [2.05, 4.69) is 15.5 Å². The highest BCUT2D eigenvalue weighted by Gasteiger charge is 2.11. The molecule has 0 bridgehead atoms. The first-order chi connectivity index (χ1) is 12.2. The fourth-order valence-electron chi connectivity index (χ4n) is 2.79. The molecule has 1 amide bonds. The molecule has 4 rings (SSSR count). The normalized spacial score (nSPS) is 10.7. The van der Waals surface area contributed by atoms with Crippen molar-refractivity contribution >= 4 is 28.2 Å². The number of carbonyl (C=O) groups excluding carboxylic acids is 1. The highest BCUT2D eigenvalue weighted by atomic mass is 16.1. The zero-order valence-corrected chi connectivity index (χ0v) is 13.4. The van der Waals surface area contributed by atoms with Gasteiger partial charge in [-0.3, -0.25) is 9.89 Å². The van der Waals surface area contributed by atoms with E-state index in [-0.39, 0.29) is 5.91 Å². The number of aromatic amines is 1. The zero-order chi connectivity index (χ0) is 17.2. The topological polar surface area (TPSA) is 83.8 Å². The van der Waals surface area contributed by atoms with E-state index >= 15 is 0 Å². The summed E-state index contributed by atoms with van der Waals surface area (Å²) in [6, 6.07) is 22.5. The molecule has 4 N–H and O–H groups in total. The Labute approximate surface area is 144 Å². The van der Waals surface area contributed by atoms with Crippen LogP contribution < -0.4 is 11.1 Å². The van der Waals surface area contributed by atoms with Crippen molar-refractivity contribution in [2.75, 3.05) is 11.1 Å². The molecule has 0 unspecified atom stereocenters. The number of H-pyrrole nitrogens is 1. The first-order valence-corrected chi connectivity index (χ1v) is 7.91. The van der Waals surface area contributed by atoms with Gasteiger partial charge in [-0.2, -0.15) is 5.10 Å². The third-order valence-corrected chi connectivity index (χ3v) is 4.02. The Morgan fingerprint density at radius 1 is 0.960 bits per heavy atom. The summed E-state index contributed by atoms with van der Waals surface area (Å²) in [6.07, 6.45) is 0. The summed E-state index contributed by atoms with van der Waals surface area (Å²) < 4.78 is 0. The number of nitrogens with one attached hydrogen (secondary N) is 2. The maximum absolute atomic E-state index is 12.4. The van der Waals surface area contributed by atoms with Crippen LogP contribution in [0.3, 0.4) is 0 Å². The van der Waals surface area contributed by atoms with E-state index in [0.717, 1.165) is 22.2 Å². The van der Waals surface area contributed by atoms with Crippen LogP contribution in [-0.4, -0.2) is 16.1 Å². The molecule has 5 heteroatoms. The van der Waals surface area contributed by atoms with Crippen LogP contribution in [0.15, 0.2) is 72.8 Å². The van der Waals surface area contributed by atoms with Gasteiger partial charge in [0.05, 0.1) is 11.2 Å². The first kappa shape index (κ1) is 15.0. The summed E-state index contributed by atoms with van der Waals surface area (Å²) in [5.74, 6) is -0.198. The Morgan fingerprint density at radius 2 is 1.80 bits per heavy atom. The van der Waals surface area contributed by atoms with Crippen molar-refractivity contribution in [3.63, 3.8) is 0 Å². The molecule has 3 aromatic carbocycles. The molecule has 1 heterocycles. The third kappa shape index (κ3) is 2.95. The number of aromatic nitrogens is 2. The monoisotopic (exact) mass is 328 g/mol. The van der Waals surface area contributed by atoms with Crippen LogP contribution in [0.5, 0.6) is 0 Å². The second-order valence-corrected chi connectivity index (χ2v) is 5.78. The average molecular weight is 328 g/mol. The van der Waals surface area contributed by atoms with Gasteiger partial charge in [0.25, 0.3) is 5.91 Å². The number of fused-ring (bicyclic) bond motifs is 1. The molecule has 0 saturated heterocycles. The Hall–Kier alpha value is -3.60. The lowest BCUT2D eigenvalue weighted by Gasteiger charge is -2.06. The van der Waals surface area contributed by atoms with E-state index in [9.17, 15) is 4.79 Å². The Kier molecular flexibility index (Phi) is 3.67. The summed E-state index contributed by atoms with van der Waals surface area (Å²) in [7, 11) is 0. The molecule has 4 aromatic rings. The van der Waals surface area contributed by atoms with Crippen LogP contribution in [0, 0.1) is 0 Å². The molecule has 1 aromatic heterocycles. The highest BCUT2D eigenvalue weighted by molar-refractivity contribution is 6.06. The number of benzene rings is 3. The number of hydrogen-bond donors (Lipinski definition) is 3. The zero-order valence-electron chi connectivity index (χ0n) is 13.4. The number of rotatable bonds is 3. The van der Waals surface area contributed by atoms with Crippen LogP contribution >= 0.6 is 0 Å². The molecule has 0 saturated carbocycles. The first-order valence-electron chi connectivity index (χ1n) is 7.91. The molecule has 0 spiro atoms. The van der Waals surface area contributed by atoms with Crippen LogP contribution in [0.2, 0.25) is 0 Å². The van der Waals surface area contributed by atoms with Crippen LogP contribution in [0.4, 0.5) is 11.4 Å². The number of anilines is 2. The second kappa shape index (κ2) is 6.13. The van der Waals surface area contributed by atoms with Gasteiger partial charge in [-0.05, 0) is 36.4 Å². The second-order valence-electron chi connectivity index (χ2n) is 5.78. The minimum atomic E-state index is -0.198. The van der Waals surface area contributed by atoms with Crippen molar-refractivity contribution < 1.29 is 4.79 Å². The molecule has 0 aliphatic carbocycles. The molecule has 0 aliphatic rings. The van der Waals surface area contributed by atoms with Crippen molar-refractivity contribution in [3.05, 3.63) is 78.4 Å². The maximum atomic E-state index is 12.4. The summed E-state index contributed by atoms with van der Waals surface area (Å²) >= 11 is 0. The number of amides is 1. The van der Waals surface area contributed by atoms with Crippen molar-refractivity contribution in [3.8, 4) is 11.3 Å². The molecule has 5 nitrogen and oxygen atoms in total. The molecule has 0 radical (unpaired) electrons. The summed E-state index contributed by atoms with van der Waals surface area (Å²) in [5, 5.41) is 11.3. The predicted octanol–water partition coefficient (Wildman–Crippen LogP) is 4.06. The minimum Gasteiger partial charge on any atom is -0.399 e. The highest BCUT2D eigenvalue weighted by Crippen LogP contribution is 2.28. The van der Waals surface area contributed by atoms with Gasteiger partial charge in [-0.1, -0.05) is 36.4 Å². The van der Waals surface area contributed by atoms with E-state index in [1.807, 2.05) is 48.5 Å². The standard InChI is InChI=1S/C20H16N4O/c21-15-8-4-7-14(11-15)20(25)22-16-9-10-18-17(12-16)19(24-23-18)13-5-2-1-3-6-13/h1-12H,21H2,(H,22,25)(H,23,24). The molecule has 0 fully saturated rings. The van der Waals surface area contributed by atoms with Gasteiger partial charge in [-0.25, -0.2) is 0 Å². The Bertz CT molecular complexity index is 1050. The average Bonchev–Trinajstić information content (AvgIpc) is 3.05. The lowest BCUT2D eigenvalue weighted by atomic mass is 10.1. The maximum Gasteiger partial charge on any atom is 0.255 e. The number of nitrogens with zero attached hydrogens (tertiary/aromatic N) is 1. The Morgan fingerprint density at radius 3 is 2.60 bits per heavy atom. The summed E-state index contributed by atoms with van der Waals surface area (Å²) in [4.78, 5) is 12.4. The van der Waals surface area contributed by atoms with Crippen LogP contribution in [0.1, 0.15) is 10.4 Å². The number of carbonyl (C=O) groups is 1. The van der Waals surface area contributed by atoms with Gasteiger partial charge < -0.3 is 11.1 Å². The molecule has 0 atom stereocenters. The fraction of sp³-hybridized carbons (Fsp3) is 0. The van der Waals surface area contributed by atoms with Crippen molar-refractivity contribution in [1.29, 1.82) is 0 Å². The number of hydrogen-bond acceptors (Lipinski definition) is 3. The third-order valence-electron chi connectivity index (χ3n) is 4.02. The van der Waals surface area contributed by atoms with Crippen molar-refractivity contribution in [2.24, 2.45) is 0 Å². The molecule has 0 aliphatic heterocycles. The lowest BCUT2D eigenvalue weighted by molar-refractivity contribution is 0.102. The van der Waals surface area contributed by atoms with Gasteiger partial charge in [0.1, 0.15) is 0 Å². The van der Waals surface area contributed by atoms with Gasteiger partial charge in [0.15, 0.2) is 0 Å². The molecular weight excluding hydrogens is 312 g/mol. The summed E-state index contributed by atoms with van der Waals surface area (Å²) in [6.45, 7) is 0. The molecule has 122 valence electrons. The van der Waals surface area contributed by atoms with Gasteiger partial charge >= 0.3 is 0 Å². The van der Waals surface area contributed by atoms with Gasteiger partial charge in [0.2, 0.25) is 0 Å². The van der Waals surface area contributed by atoms with E-state index in [1.165, 1.54) is 0 Å². The smallest absolute Gasteiger partial charge is 0.255 e. The largest absolute Gasteiger partial charge is 0.399 e. The van der Waals surface area contributed by atoms with Crippen molar-refractivity contribution in [1.82, 2.24) is 10.2 Å². The molecule has 25 heavy (non-hydrogen) atoms. The Balaban J connectivity index is 1.68. The van der Waals surface area contributed by atoms with Crippen molar-refractivity contribution in [2.45, 2.75) is 0 Å². The van der Waals surface area contributed by atoms with Gasteiger partial charge in [0, 0.05) is 27.9 Å². The van der Waals surface area contributed by atoms with E-state index < -0.39 is 0 Å². The lowest BCUT2D eigenvalue weighted by Crippen LogP contribution is -2.12. The van der Waals surface area contributed by atoms with E-state index in [1.54, 1.807) is 24.3 Å².